The van der Waals surface area contributed by atoms with E-state index in [4.69, 9.17) is 5.73 Å². The van der Waals surface area contributed by atoms with Crippen LogP contribution in [0.1, 0.15) is 25.3 Å². The number of guanidine groups is 1. The van der Waals surface area contributed by atoms with Gasteiger partial charge in [0.2, 0.25) is 0 Å². The number of nitrogens with one attached hydrogen (secondary N) is 1. The fraction of sp³-hybridized carbons (Fsp3) is 0.462. The molecular formula is C13H19F2N3. The van der Waals surface area contributed by atoms with Gasteiger partial charge in [-0.25, -0.2) is 8.78 Å². The van der Waals surface area contributed by atoms with Gasteiger partial charge < -0.3 is 11.1 Å². The molecule has 0 aliphatic carbocycles. The van der Waals surface area contributed by atoms with Gasteiger partial charge in [0.25, 0.3) is 0 Å². The van der Waals surface area contributed by atoms with E-state index in [0.29, 0.717) is 19.0 Å². The molecule has 3 nitrogen and oxygen atoms in total. The molecule has 3 N–H and O–H groups in total. The number of nitrogens with zero attached hydrogens (tertiary/aromatic N) is 1. The molecule has 0 radical (unpaired) electrons. The molecule has 0 bridgehead atoms. The summed E-state index contributed by atoms with van der Waals surface area (Å²) in [6.07, 6.45) is 2.27. The molecule has 0 saturated heterocycles. The average molecular weight is 255 g/mol. The predicted molar refractivity (Wildman–Crippen MR) is 69.5 cm³/mol. The minimum Gasteiger partial charge on any atom is -0.370 e. The lowest BCUT2D eigenvalue weighted by atomic mass is 10.1. The molecule has 5 heteroatoms. The van der Waals surface area contributed by atoms with Crippen LogP contribution < -0.4 is 11.1 Å². The van der Waals surface area contributed by atoms with Crippen molar-refractivity contribution < 1.29 is 8.78 Å². The van der Waals surface area contributed by atoms with Crippen LogP contribution >= 0.6 is 0 Å². The summed E-state index contributed by atoms with van der Waals surface area (Å²) in [5, 5.41) is 2.84. The maximum atomic E-state index is 13.3. The van der Waals surface area contributed by atoms with E-state index in [1.165, 1.54) is 18.2 Å². The summed E-state index contributed by atoms with van der Waals surface area (Å²) in [4.78, 5) is 4.09. The summed E-state index contributed by atoms with van der Waals surface area (Å²) in [6, 6.07) is 3.84. The highest BCUT2D eigenvalue weighted by Gasteiger charge is 2.07. The second-order valence-electron chi connectivity index (χ2n) is 4.00. The van der Waals surface area contributed by atoms with Gasteiger partial charge in [-0.15, -0.1) is 0 Å². The molecule has 0 amide bonds. The average Bonchev–Trinajstić information content (AvgIpc) is 2.33. The smallest absolute Gasteiger partial charge is 0.188 e. The monoisotopic (exact) mass is 255 g/mol. The molecule has 1 aromatic rings. The van der Waals surface area contributed by atoms with Gasteiger partial charge in [-0.05, 0) is 25.0 Å². The Morgan fingerprint density at radius 3 is 2.61 bits per heavy atom. The number of rotatable bonds is 6. The van der Waals surface area contributed by atoms with Crippen molar-refractivity contribution in [2.24, 2.45) is 10.7 Å². The van der Waals surface area contributed by atoms with Gasteiger partial charge in [0, 0.05) is 18.7 Å². The first kappa shape index (κ1) is 14.4. The first-order valence-electron chi connectivity index (χ1n) is 6.11. The summed E-state index contributed by atoms with van der Waals surface area (Å²) >= 11 is 0. The zero-order valence-electron chi connectivity index (χ0n) is 10.5. The first-order chi connectivity index (χ1) is 8.65. The maximum Gasteiger partial charge on any atom is 0.188 e. The Morgan fingerprint density at radius 1 is 1.33 bits per heavy atom. The summed E-state index contributed by atoms with van der Waals surface area (Å²) in [6.45, 7) is 3.10. The third-order valence-electron chi connectivity index (χ3n) is 2.54. The van der Waals surface area contributed by atoms with Gasteiger partial charge in [-0.3, -0.25) is 4.99 Å². The van der Waals surface area contributed by atoms with Crippen molar-refractivity contribution in [2.45, 2.75) is 26.2 Å². The van der Waals surface area contributed by atoms with Gasteiger partial charge in [-0.1, -0.05) is 19.4 Å². The van der Waals surface area contributed by atoms with Crippen LogP contribution in [0.2, 0.25) is 0 Å². The molecule has 0 atom stereocenters. The highest BCUT2D eigenvalue weighted by Crippen LogP contribution is 2.11. The van der Waals surface area contributed by atoms with Crippen LogP contribution in [0.5, 0.6) is 0 Å². The van der Waals surface area contributed by atoms with Gasteiger partial charge in [0.15, 0.2) is 5.96 Å². The number of aliphatic imine (C=N–C) groups is 1. The molecule has 1 rings (SSSR count). The first-order valence-corrected chi connectivity index (χ1v) is 6.11. The maximum absolute atomic E-state index is 13.3. The molecule has 0 saturated carbocycles. The van der Waals surface area contributed by atoms with Crippen molar-refractivity contribution in [1.82, 2.24) is 5.32 Å². The van der Waals surface area contributed by atoms with Gasteiger partial charge in [0.1, 0.15) is 11.6 Å². The number of benzene rings is 1. The lowest BCUT2D eigenvalue weighted by Gasteiger charge is -2.07. The molecule has 18 heavy (non-hydrogen) atoms. The molecular weight excluding hydrogens is 236 g/mol. The minimum absolute atomic E-state index is 0.0753. The highest BCUT2D eigenvalue weighted by atomic mass is 19.1. The quantitative estimate of drug-likeness (QED) is 0.465. The van der Waals surface area contributed by atoms with Gasteiger partial charge in [0.05, 0.1) is 0 Å². The SMILES string of the molecule is CCCCN=C(N)NCCc1c(F)cccc1F. The Bertz CT molecular complexity index is 385. The molecule has 0 aliphatic rings. The van der Waals surface area contributed by atoms with Crippen LogP contribution in [0.3, 0.4) is 0 Å². The largest absolute Gasteiger partial charge is 0.370 e. The third-order valence-corrected chi connectivity index (χ3v) is 2.54. The fourth-order valence-electron chi connectivity index (χ4n) is 1.50. The molecule has 0 aliphatic heterocycles. The van der Waals surface area contributed by atoms with Crippen molar-refractivity contribution in [3.05, 3.63) is 35.4 Å². The molecule has 1 aromatic carbocycles. The van der Waals surface area contributed by atoms with Crippen LogP contribution in [0.25, 0.3) is 0 Å². The zero-order chi connectivity index (χ0) is 13.4. The highest BCUT2D eigenvalue weighted by molar-refractivity contribution is 5.77. The zero-order valence-corrected chi connectivity index (χ0v) is 10.5. The lowest BCUT2D eigenvalue weighted by molar-refractivity contribution is 0.553. The number of hydrogen-bond acceptors (Lipinski definition) is 1. The number of unbranched alkanes of at least 4 members (excludes halogenated alkanes) is 1. The van der Waals surface area contributed by atoms with E-state index in [1.54, 1.807) is 0 Å². The lowest BCUT2D eigenvalue weighted by Crippen LogP contribution is -2.33. The summed E-state index contributed by atoms with van der Waals surface area (Å²) in [7, 11) is 0. The molecule has 0 heterocycles. The van der Waals surface area contributed by atoms with E-state index in [2.05, 4.69) is 17.2 Å². The molecule has 0 aromatic heterocycles. The fourth-order valence-corrected chi connectivity index (χ4v) is 1.50. The Balaban J connectivity index is 2.40. The normalized spacial score (nSPS) is 11.6. The minimum atomic E-state index is -0.529. The van der Waals surface area contributed by atoms with Crippen LogP contribution in [0, 0.1) is 11.6 Å². The van der Waals surface area contributed by atoms with Crippen molar-refractivity contribution in [1.29, 1.82) is 0 Å². The summed E-state index contributed by atoms with van der Waals surface area (Å²) < 4.78 is 26.6. The molecule has 0 spiro atoms. The molecule has 0 fully saturated rings. The Hall–Kier alpha value is -1.65. The summed E-state index contributed by atoms with van der Waals surface area (Å²) in [5.41, 5.74) is 5.68. The van der Waals surface area contributed by atoms with Gasteiger partial charge >= 0.3 is 0 Å². The van der Waals surface area contributed by atoms with E-state index in [0.717, 1.165) is 12.8 Å². The van der Waals surface area contributed by atoms with Gasteiger partial charge in [-0.2, -0.15) is 0 Å². The third kappa shape index (κ3) is 4.69. The van der Waals surface area contributed by atoms with Crippen molar-refractivity contribution in [3.63, 3.8) is 0 Å². The van der Waals surface area contributed by atoms with E-state index in [9.17, 15) is 8.78 Å². The number of hydrogen-bond donors (Lipinski definition) is 2. The second-order valence-corrected chi connectivity index (χ2v) is 4.00. The van der Waals surface area contributed by atoms with E-state index in [1.807, 2.05) is 0 Å². The van der Waals surface area contributed by atoms with Crippen LogP contribution in [0.4, 0.5) is 8.78 Å². The van der Waals surface area contributed by atoms with Crippen LogP contribution in [-0.2, 0) is 6.42 Å². The topological polar surface area (TPSA) is 50.4 Å². The Morgan fingerprint density at radius 2 is 2.00 bits per heavy atom. The van der Waals surface area contributed by atoms with Crippen LogP contribution in [0.15, 0.2) is 23.2 Å². The van der Waals surface area contributed by atoms with E-state index < -0.39 is 11.6 Å². The van der Waals surface area contributed by atoms with Crippen LogP contribution in [-0.4, -0.2) is 19.0 Å². The van der Waals surface area contributed by atoms with E-state index in [-0.39, 0.29) is 12.0 Å². The Labute approximate surface area is 106 Å². The molecule has 100 valence electrons. The van der Waals surface area contributed by atoms with Crippen molar-refractivity contribution >= 4 is 5.96 Å². The molecule has 0 unspecified atom stereocenters. The standard InChI is InChI=1S/C13H19F2N3/c1-2-3-8-17-13(16)18-9-7-10-11(14)5-4-6-12(10)15/h4-6H,2-3,7-9H2,1H3,(H3,16,17,18). The predicted octanol–water partition coefficient (Wildman–Crippen LogP) is 2.21. The number of nitrogens with two attached hydrogens (primary N) is 1. The summed E-state index contributed by atoms with van der Waals surface area (Å²) in [5.74, 6) is -0.739. The number of halogens is 2. The van der Waals surface area contributed by atoms with Crippen molar-refractivity contribution in [3.8, 4) is 0 Å². The van der Waals surface area contributed by atoms with E-state index >= 15 is 0 Å². The second kappa shape index (κ2) is 7.63. The Kier molecular flexibility index (Phi) is 6.11. The van der Waals surface area contributed by atoms with Crippen molar-refractivity contribution in [2.75, 3.05) is 13.1 Å².